The van der Waals surface area contributed by atoms with Crippen molar-refractivity contribution < 1.29 is 4.39 Å². The van der Waals surface area contributed by atoms with Gasteiger partial charge in [0, 0.05) is 5.56 Å². The van der Waals surface area contributed by atoms with E-state index in [0.717, 1.165) is 36.0 Å². The Kier molecular flexibility index (Phi) is 3.78. The zero-order chi connectivity index (χ0) is 12.3. The van der Waals surface area contributed by atoms with E-state index >= 15 is 0 Å². The summed E-state index contributed by atoms with van der Waals surface area (Å²) in [5, 5.41) is 0. The molecule has 1 aliphatic rings. The number of rotatable bonds is 3. The molecule has 0 saturated carbocycles. The molecule has 0 bridgehead atoms. The van der Waals surface area contributed by atoms with E-state index in [1.807, 2.05) is 13.0 Å². The third-order valence-corrected chi connectivity index (χ3v) is 3.34. The molecular weight excluding hydrogens is 211 g/mol. The van der Waals surface area contributed by atoms with Gasteiger partial charge in [-0.25, -0.2) is 4.39 Å². The lowest BCUT2D eigenvalue weighted by molar-refractivity contribution is 0.617. The normalized spacial score (nSPS) is 15.5. The highest BCUT2D eigenvalue weighted by atomic mass is 19.1. The maximum atomic E-state index is 14.1. The van der Waals surface area contributed by atoms with Gasteiger partial charge in [0.2, 0.25) is 0 Å². The van der Waals surface area contributed by atoms with E-state index in [1.165, 1.54) is 18.4 Å². The van der Waals surface area contributed by atoms with Gasteiger partial charge in [0.15, 0.2) is 0 Å². The molecule has 0 amide bonds. The van der Waals surface area contributed by atoms with E-state index in [1.54, 1.807) is 6.07 Å². The lowest BCUT2D eigenvalue weighted by Crippen LogP contribution is -1.99. The minimum atomic E-state index is -0.0741. The second-order valence-corrected chi connectivity index (χ2v) is 4.74. The smallest absolute Gasteiger partial charge is 0.131 e. The van der Waals surface area contributed by atoms with Crippen LogP contribution >= 0.6 is 0 Å². The van der Waals surface area contributed by atoms with Crippen LogP contribution in [0, 0.1) is 12.7 Å². The van der Waals surface area contributed by atoms with Gasteiger partial charge in [0.25, 0.3) is 0 Å². The topological polar surface area (TPSA) is 0 Å². The van der Waals surface area contributed by atoms with Gasteiger partial charge in [-0.1, -0.05) is 18.2 Å². The number of benzene rings is 1. The van der Waals surface area contributed by atoms with Crippen molar-refractivity contribution in [3.05, 3.63) is 53.4 Å². The highest BCUT2D eigenvalue weighted by Crippen LogP contribution is 2.31. The molecule has 90 valence electrons. The zero-order valence-electron chi connectivity index (χ0n) is 10.4. The van der Waals surface area contributed by atoms with Gasteiger partial charge in [-0.15, -0.1) is 6.58 Å². The number of hydrogen-bond donors (Lipinski definition) is 0. The minimum absolute atomic E-state index is 0.0741. The molecule has 1 aliphatic carbocycles. The molecule has 0 unspecified atom stereocenters. The van der Waals surface area contributed by atoms with Gasteiger partial charge < -0.3 is 0 Å². The largest absolute Gasteiger partial charge is 0.206 e. The molecule has 0 nitrogen and oxygen atoms in total. The van der Waals surface area contributed by atoms with Crippen LogP contribution in [0.15, 0.2) is 30.9 Å². The summed E-state index contributed by atoms with van der Waals surface area (Å²) in [6, 6.07) is 3.73. The Balaban J connectivity index is 2.40. The molecule has 0 radical (unpaired) electrons. The van der Waals surface area contributed by atoms with Gasteiger partial charge in [0.05, 0.1) is 0 Å². The van der Waals surface area contributed by atoms with Gasteiger partial charge >= 0.3 is 0 Å². The van der Waals surface area contributed by atoms with Gasteiger partial charge in [0.1, 0.15) is 5.82 Å². The summed E-state index contributed by atoms with van der Waals surface area (Å²) in [6.07, 6.45) is 9.26. The molecule has 0 saturated heterocycles. The van der Waals surface area contributed by atoms with Crippen LogP contribution in [-0.4, -0.2) is 0 Å². The Morgan fingerprint density at radius 2 is 2.18 bits per heavy atom. The van der Waals surface area contributed by atoms with Crippen molar-refractivity contribution in [2.75, 3.05) is 0 Å². The predicted molar refractivity (Wildman–Crippen MR) is 71.5 cm³/mol. The number of allylic oxidation sites excluding steroid dienone is 3. The second kappa shape index (κ2) is 5.31. The van der Waals surface area contributed by atoms with Crippen molar-refractivity contribution in [3.63, 3.8) is 0 Å². The van der Waals surface area contributed by atoms with E-state index in [0.29, 0.717) is 0 Å². The molecule has 0 N–H and O–H groups in total. The summed E-state index contributed by atoms with van der Waals surface area (Å²) in [5.74, 6) is -0.0741. The van der Waals surface area contributed by atoms with Crippen molar-refractivity contribution in [3.8, 4) is 0 Å². The first-order valence-electron chi connectivity index (χ1n) is 6.31. The van der Waals surface area contributed by atoms with Crippen molar-refractivity contribution >= 4 is 5.57 Å². The van der Waals surface area contributed by atoms with Crippen LogP contribution < -0.4 is 0 Å². The summed E-state index contributed by atoms with van der Waals surface area (Å²) in [4.78, 5) is 0. The Morgan fingerprint density at radius 1 is 1.35 bits per heavy atom. The van der Waals surface area contributed by atoms with Crippen LogP contribution in [0.1, 0.15) is 42.4 Å². The first-order valence-corrected chi connectivity index (χ1v) is 6.31. The van der Waals surface area contributed by atoms with Crippen LogP contribution in [0.25, 0.3) is 5.57 Å². The third kappa shape index (κ3) is 2.66. The van der Waals surface area contributed by atoms with E-state index in [2.05, 4.69) is 18.7 Å². The maximum absolute atomic E-state index is 14.1. The SMILES string of the molecule is C=CCc1cc(C)c(C2=CCCCC2)c(F)c1. The van der Waals surface area contributed by atoms with Gasteiger partial charge in [-0.3, -0.25) is 0 Å². The molecule has 2 rings (SSSR count). The van der Waals surface area contributed by atoms with Crippen LogP contribution in [0.2, 0.25) is 0 Å². The molecular formula is C16H19F. The Labute approximate surface area is 103 Å². The number of hydrogen-bond acceptors (Lipinski definition) is 0. The van der Waals surface area contributed by atoms with Crippen LogP contribution in [-0.2, 0) is 6.42 Å². The summed E-state index contributed by atoms with van der Waals surface area (Å²) in [7, 11) is 0. The quantitative estimate of drug-likeness (QED) is 0.653. The van der Waals surface area contributed by atoms with Crippen molar-refractivity contribution in [1.29, 1.82) is 0 Å². The van der Waals surface area contributed by atoms with E-state index in [-0.39, 0.29) is 5.82 Å². The highest BCUT2D eigenvalue weighted by molar-refractivity contribution is 5.69. The molecule has 0 fully saturated rings. The Morgan fingerprint density at radius 3 is 2.76 bits per heavy atom. The molecule has 1 heteroatoms. The van der Waals surface area contributed by atoms with Gasteiger partial charge in [-0.2, -0.15) is 0 Å². The second-order valence-electron chi connectivity index (χ2n) is 4.74. The minimum Gasteiger partial charge on any atom is -0.206 e. The molecule has 0 aliphatic heterocycles. The number of halogens is 1. The maximum Gasteiger partial charge on any atom is 0.131 e. The first-order chi connectivity index (χ1) is 8.22. The summed E-state index contributed by atoms with van der Waals surface area (Å²) in [5.41, 5.74) is 4.08. The lowest BCUT2D eigenvalue weighted by Gasteiger charge is -2.16. The van der Waals surface area contributed by atoms with Crippen LogP contribution in [0.5, 0.6) is 0 Å². The standard InChI is InChI=1S/C16H19F/c1-3-7-13-10-12(2)16(15(17)11-13)14-8-5-4-6-9-14/h3,8,10-11H,1,4-7,9H2,2H3. The molecule has 0 aromatic heterocycles. The van der Waals surface area contributed by atoms with Crippen LogP contribution in [0.3, 0.4) is 0 Å². The summed E-state index contributed by atoms with van der Waals surface area (Å²) >= 11 is 0. The Bertz CT molecular complexity index is 432. The fraction of sp³-hybridized carbons (Fsp3) is 0.375. The van der Waals surface area contributed by atoms with E-state index in [9.17, 15) is 4.39 Å². The van der Waals surface area contributed by atoms with Gasteiger partial charge in [-0.05, 0) is 61.8 Å². The average molecular weight is 230 g/mol. The Hall–Kier alpha value is -1.37. The van der Waals surface area contributed by atoms with Crippen molar-refractivity contribution in [1.82, 2.24) is 0 Å². The average Bonchev–Trinajstić information content (AvgIpc) is 2.30. The molecule has 17 heavy (non-hydrogen) atoms. The van der Waals surface area contributed by atoms with Crippen molar-refractivity contribution in [2.24, 2.45) is 0 Å². The molecule has 0 spiro atoms. The first kappa shape index (κ1) is 12.1. The highest BCUT2D eigenvalue weighted by Gasteiger charge is 2.14. The number of aryl methyl sites for hydroxylation is 1. The lowest BCUT2D eigenvalue weighted by atomic mass is 9.89. The molecule has 1 aromatic carbocycles. The fourth-order valence-corrected chi connectivity index (χ4v) is 2.57. The summed E-state index contributed by atoms with van der Waals surface area (Å²) in [6.45, 7) is 5.69. The molecule has 1 aromatic rings. The monoisotopic (exact) mass is 230 g/mol. The summed E-state index contributed by atoms with van der Waals surface area (Å²) < 4.78 is 14.1. The zero-order valence-corrected chi connectivity index (χ0v) is 10.4. The molecule has 0 heterocycles. The fourth-order valence-electron chi connectivity index (χ4n) is 2.57. The van der Waals surface area contributed by atoms with E-state index < -0.39 is 0 Å². The third-order valence-electron chi connectivity index (χ3n) is 3.34. The van der Waals surface area contributed by atoms with Crippen LogP contribution in [0.4, 0.5) is 4.39 Å². The van der Waals surface area contributed by atoms with Crippen molar-refractivity contribution in [2.45, 2.75) is 39.0 Å². The molecule has 0 atom stereocenters. The predicted octanol–water partition coefficient (Wildman–Crippen LogP) is 4.82. The van der Waals surface area contributed by atoms with E-state index in [4.69, 9.17) is 0 Å².